The van der Waals surface area contributed by atoms with Gasteiger partial charge in [-0.15, -0.1) is 0 Å². The highest BCUT2D eigenvalue weighted by Gasteiger charge is 2.15. The largest absolute Gasteiger partial charge is 0.489 e. The number of anilines is 1. The van der Waals surface area contributed by atoms with E-state index in [1.54, 1.807) is 36.4 Å². The lowest BCUT2D eigenvalue weighted by Crippen LogP contribution is -2.13. The van der Waals surface area contributed by atoms with Gasteiger partial charge in [0, 0.05) is 6.07 Å². The van der Waals surface area contributed by atoms with E-state index in [1.165, 1.54) is 0 Å². The van der Waals surface area contributed by atoms with Gasteiger partial charge in [-0.1, -0.05) is 62.4 Å². The molecule has 0 heterocycles. The van der Waals surface area contributed by atoms with Crippen molar-refractivity contribution in [3.8, 4) is 5.75 Å². The Hall–Kier alpha value is -2.79. The first-order chi connectivity index (χ1) is 12.9. The Bertz CT molecular complexity index is 982. The van der Waals surface area contributed by atoms with Gasteiger partial charge in [-0.25, -0.2) is 8.42 Å². The maximum Gasteiger partial charge on any atom is 0.261 e. The molecule has 3 rings (SSSR count). The lowest BCUT2D eigenvalue weighted by molar-refractivity contribution is 0.306. The SMILES string of the molecule is CC(C)c1ccc(S(=O)(=O)Nc2cccc(OCc3ccccc3)c2)cc1. The van der Waals surface area contributed by atoms with E-state index in [4.69, 9.17) is 4.74 Å². The molecular formula is C22H23NO3S. The highest BCUT2D eigenvalue weighted by Crippen LogP contribution is 2.23. The van der Waals surface area contributed by atoms with Crippen LogP contribution in [0.5, 0.6) is 5.75 Å². The van der Waals surface area contributed by atoms with Gasteiger partial charge < -0.3 is 4.74 Å². The summed E-state index contributed by atoms with van der Waals surface area (Å²) < 4.78 is 33.6. The number of sulfonamides is 1. The fourth-order valence-electron chi connectivity index (χ4n) is 2.64. The first kappa shape index (κ1) is 19.0. The van der Waals surface area contributed by atoms with Crippen LogP contribution in [0.15, 0.2) is 83.8 Å². The third-order valence-electron chi connectivity index (χ3n) is 4.19. The maximum absolute atomic E-state index is 12.6. The fourth-order valence-corrected chi connectivity index (χ4v) is 3.69. The van der Waals surface area contributed by atoms with Gasteiger partial charge in [0.2, 0.25) is 0 Å². The number of hydrogen-bond donors (Lipinski definition) is 1. The smallest absolute Gasteiger partial charge is 0.261 e. The van der Waals surface area contributed by atoms with Gasteiger partial charge in [-0.2, -0.15) is 0 Å². The summed E-state index contributed by atoms with van der Waals surface area (Å²) in [5, 5.41) is 0. The van der Waals surface area contributed by atoms with Crippen LogP contribution in [0.4, 0.5) is 5.69 Å². The van der Waals surface area contributed by atoms with Crippen molar-refractivity contribution in [1.29, 1.82) is 0 Å². The van der Waals surface area contributed by atoms with Crippen molar-refractivity contribution in [1.82, 2.24) is 0 Å². The van der Waals surface area contributed by atoms with Crippen molar-refractivity contribution in [2.45, 2.75) is 31.3 Å². The van der Waals surface area contributed by atoms with Gasteiger partial charge in [-0.3, -0.25) is 4.72 Å². The summed E-state index contributed by atoms with van der Waals surface area (Å²) in [5.74, 6) is 0.961. The van der Waals surface area contributed by atoms with E-state index >= 15 is 0 Å². The molecular weight excluding hydrogens is 358 g/mol. The van der Waals surface area contributed by atoms with Crippen molar-refractivity contribution < 1.29 is 13.2 Å². The molecule has 0 radical (unpaired) electrons. The van der Waals surface area contributed by atoms with Crippen LogP contribution >= 0.6 is 0 Å². The normalized spacial score (nSPS) is 11.4. The molecule has 0 atom stereocenters. The second kappa shape index (κ2) is 8.27. The summed E-state index contributed by atoms with van der Waals surface area (Å²) in [6.45, 7) is 4.57. The van der Waals surface area contributed by atoms with E-state index in [-0.39, 0.29) is 4.90 Å². The lowest BCUT2D eigenvalue weighted by Gasteiger charge is -2.12. The zero-order chi connectivity index (χ0) is 19.3. The minimum Gasteiger partial charge on any atom is -0.489 e. The van der Waals surface area contributed by atoms with Crippen LogP contribution in [-0.4, -0.2) is 8.42 Å². The first-order valence-electron chi connectivity index (χ1n) is 8.83. The van der Waals surface area contributed by atoms with Crippen LogP contribution < -0.4 is 9.46 Å². The molecule has 140 valence electrons. The number of nitrogens with one attached hydrogen (secondary N) is 1. The molecule has 0 aromatic heterocycles. The zero-order valence-corrected chi connectivity index (χ0v) is 16.2. The van der Waals surface area contributed by atoms with Crippen LogP contribution in [0.1, 0.15) is 30.9 Å². The Kier molecular flexibility index (Phi) is 5.81. The van der Waals surface area contributed by atoms with Gasteiger partial charge in [0.25, 0.3) is 10.0 Å². The van der Waals surface area contributed by atoms with Gasteiger partial charge in [-0.05, 0) is 41.3 Å². The molecule has 0 fully saturated rings. The average molecular weight is 381 g/mol. The quantitative estimate of drug-likeness (QED) is 0.613. The van der Waals surface area contributed by atoms with Crippen LogP contribution in [0.3, 0.4) is 0 Å². The summed E-state index contributed by atoms with van der Waals surface area (Å²) in [6.07, 6.45) is 0. The molecule has 0 saturated heterocycles. The van der Waals surface area contributed by atoms with Crippen molar-refractivity contribution in [2.75, 3.05) is 4.72 Å². The Labute approximate surface area is 160 Å². The molecule has 3 aromatic carbocycles. The predicted molar refractivity (Wildman–Crippen MR) is 109 cm³/mol. The minimum absolute atomic E-state index is 0.238. The number of benzene rings is 3. The molecule has 0 aliphatic carbocycles. The number of hydrogen-bond acceptors (Lipinski definition) is 3. The summed E-state index contributed by atoms with van der Waals surface area (Å²) in [5.41, 5.74) is 2.62. The summed E-state index contributed by atoms with van der Waals surface area (Å²) in [7, 11) is -3.65. The highest BCUT2D eigenvalue weighted by molar-refractivity contribution is 7.92. The van der Waals surface area contributed by atoms with Gasteiger partial charge in [0.05, 0.1) is 10.6 Å². The molecule has 0 amide bonds. The van der Waals surface area contributed by atoms with Gasteiger partial charge in [0.1, 0.15) is 12.4 Å². The number of ether oxygens (including phenoxy) is 1. The molecule has 0 spiro atoms. The predicted octanol–water partition coefficient (Wildman–Crippen LogP) is 5.19. The Balaban J connectivity index is 1.71. The molecule has 0 aliphatic rings. The van der Waals surface area contributed by atoms with E-state index in [2.05, 4.69) is 18.6 Å². The van der Waals surface area contributed by atoms with Crippen LogP contribution in [0.2, 0.25) is 0 Å². The van der Waals surface area contributed by atoms with Crippen LogP contribution in [-0.2, 0) is 16.6 Å². The average Bonchev–Trinajstić information content (AvgIpc) is 2.67. The first-order valence-corrected chi connectivity index (χ1v) is 10.3. The van der Waals surface area contributed by atoms with Gasteiger partial charge >= 0.3 is 0 Å². The fraction of sp³-hybridized carbons (Fsp3) is 0.182. The third kappa shape index (κ3) is 5.11. The molecule has 27 heavy (non-hydrogen) atoms. The van der Waals surface area contributed by atoms with Crippen molar-refractivity contribution >= 4 is 15.7 Å². The summed E-state index contributed by atoms with van der Waals surface area (Å²) >= 11 is 0. The molecule has 1 N–H and O–H groups in total. The Morgan fingerprint density at radius 3 is 2.26 bits per heavy atom. The van der Waals surface area contributed by atoms with Crippen LogP contribution in [0.25, 0.3) is 0 Å². The maximum atomic E-state index is 12.6. The van der Waals surface area contributed by atoms with Gasteiger partial charge in [0.15, 0.2) is 0 Å². The van der Waals surface area contributed by atoms with E-state index in [9.17, 15) is 8.42 Å². The Morgan fingerprint density at radius 1 is 0.889 bits per heavy atom. The molecule has 0 unspecified atom stereocenters. The Morgan fingerprint density at radius 2 is 1.59 bits per heavy atom. The summed E-state index contributed by atoms with van der Waals surface area (Å²) in [6, 6.07) is 23.7. The molecule has 0 aliphatic heterocycles. The second-order valence-corrected chi connectivity index (χ2v) is 8.31. The van der Waals surface area contributed by atoms with E-state index in [0.29, 0.717) is 24.0 Å². The minimum atomic E-state index is -3.65. The van der Waals surface area contributed by atoms with E-state index in [0.717, 1.165) is 11.1 Å². The standard InChI is InChI=1S/C22H23NO3S/c1-17(2)19-11-13-22(14-12-19)27(24,25)23-20-9-6-10-21(15-20)26-16-18-7-4-3-5-8-18/h3-15,17,23H,16H2,1-2H3. The van der Waals surface area contributed by atoms with Crippen molar-refractivity contribution in [3.63, 3.8) is 0 Å². The zero-order valence-electron chi connectivity index (χ0n) is 15.4. The van der Waals surface area contributed by atoms with Crippen molar-refractivity contribution in [2.24, 2.45) is 0 Å². The van der Waals surface area contributed by atoms with Crippen molar-refractivity contribution in [3.05, 3.63) is 90.0 Å². The second-order valence-electron chi connectivity index (χ2n) is 6.63. The summed E-state index contributed by atoms with van der Waals surface area (Å²) in [4.78, 5) is 0.238. The third-order valence-corrected chi connectivity index (χ3v) is 5.59. The highest BCUT2D eigenvalue weighted by atomic mass is 32.2. The lowest BCUT2D eigenvalue weighted by atomic mass is 10.0. The van der Waals surface area contributed by atoms with E-state index in [1.807, 2.05) is 42.5 Å². The molecule has 4 nitrogen and oxygen atoms in total. The molecule has 0 bridgehead atoms. The number of rotatable bonds is 7. The van der Waals surface area contributed by atoms with E-state index < -0.39 is 10.0 Å². The topological polar surface area (TPSA) is 55.4 Å². The molecule has 0 saturated carbocycles. The molecule has 5 heteroatoms. The monoisotopic (exact) mass is 381 g/mol. The van der Waals surface area contributed by atoms with Crippen LogP contribution in [0, 0.1) is 0 Å². The molecule has 3 aromatic rings.